The van der Waals surface area contributed by atoms with Gasteiger partial charge < -0.3 is 19.5 Å². The molecule has 0 aromatic heterocycles. The molecule has 0 spiro atoms. The summed E-state index contributed by atoms with van der Waals surface area (Å²) >= 11 is 5.81. The van der Waals surface area contributed by atoms with Gasteiger partial charge in [0.1, 0.15) is 5.75 Å². The number of hydrogen-bond donors (Lipinski definition) is 1. The third-order valence-corrected chi connectivity index (χ3v) is 3.75. The first kappa shape index (κ1) is 21.0. The molecule has 10 heteroatoms. The summed E-state index contributed by atoms with van der Waals surface area (Å²) in [4.78, 5) is 34.1. The highest BCUT2D eigenvalue weighted by atomic mass is 35.5. The number of halogens is 1. The maximum atomic E-state index is 12.0. The molecule has 0 saturated heterocycles. The summed E-state index contributed by atoms with van der Waals surface area (Å²) < 4.78 is 15.0. The molecule has 0 saturated carbocycles. The minimum absolute atomic E-state index is 0.00202. The molecule has 0 unspecified atom stereocenters. The van der Waals surface area contributed by atoms with Crippen LogP contribution in [-0.4, -0.2) is 37.1 Å². The predicted molar refractivity (Wildman–Crippen MR) is 101 cm³/mol. The molecule has 9 nitrogen and oxygen atoms in total. The number of nitro groups is 1. The van der Waals surface area contributed by atoms with Crippen molar-refractivity contribution in [3.05, 3.63) is 57.1 Å². The van der Waals surface area contributed by atoms with E-state index in [9.17, 15) is 19.7 Å². The number of aryl methyl sites for hydroxylation is 1. The second-order valence-corrected chi connectivity index (χ2v) is 5.99. The Labute approximate surface area is 165 Å². The molecular weight excluding hydrogens is 392 g/mol. The number of nitrogens with one attached hydrogen (secondary N) is 1. The SMILES string of the molecule is COc1cc(NC(=O)COC(=O)COc2cccc(Cl)c2)c(C)cc1[N+](=O)[O-]. The molecule has 0 heterocycles. The maximum absolute atomic E-state index is 12.0. The first-order valence-electron chi connectivity index (χ1n) is 7.97. The van der Waals surface area contributed by atoms with Gasteiger partial charge in [0.2, 0.25) is 0 Å². The average Bonchev–Trinajstić information content (AvgIpc) is 2.66. The van der Waals surface area contributed by atoms with Gasteiger partial charge >= 0.3 is 11.7 Å². The quantitative estimate of drug-likeness (QED) is 0.405. The van der Waals surface area contributed by atoms with E-state index in [-0.39, 0.29) is 11.4 Å². The zero-order valence-electron chi connectivity index (χ0n) is 15.1. The second kappa shape index (κ2) is 9.56. The van der Waals surface area contributed by atoms with E-state index in [1.54, 1.807) is 25.1 Å². The van der Waals surface area contributed by atoms with Crippen LogP contribution >= 0.6 is 11.6 Å². The van der Waals surface area contributed by atoms with E-state index in [0.717, 1.165) is 0 Å². The van der Waals surface area contributed by atoms with Crippen LogP contribution in [0.25, 0.3) is 0 Å². The molecule has 28 heavy (non-hydrogen) atoms. The van der Waals surface area contributed by atoms with Crippen LogP contribution in [0.15, 0.2) is 36.4 Å². The first-order valence-corrected chi connectivity index (χ1v) is 8.35. The summed E-state index contributed by atoms with van der Waals surface area (Å²) in [6, 6.07) is 9.08. The fraction of sp³-hybridized carbons (Fsp3) is 0.222. The Morgan fingerprint density at radius 2 is 1.96 bits per heavy atom. The Bertz CT molecular complexity index is 901. The Hall–Kier alpha value is -3.33. The minimum atomic E-state index is -0.742. The van der Waals surface area contributed by atoms with Crippen molar-refractivity contribution >= 4 is 34.9 Å². The van der Waals surface area contributed by atoms with Crippen LogP contribution in [0.4, 0.5) is 11.4 Å². The highest BCUT2D eigenvalue weighted by Crippen LogP contribution is 2.32. The number of carbonyl (C=O) groups excluding carboxylic acids is 2. The Morgan fingerprint density at radius 1 is 1.21 bits per heavy atom. The van der Waals surface area contributed by atoms with Crippen LogP contribution in [0.3, 0.4) is 0 Å². The van der Waals surface area contributed by atoms with Crippen molar-refractivity contribution in [2.24, 2.45) is 0 Å². The smallest absolute Gasteiger partial charge is 0.344 e. The predicted octanol–water partition coefficient (Wildman–Crippen LogP) is 3.13. The zero-order chi connectivity index (χ0) is 20.7. The summed E-state index contributed by atoms with van der Waals surface area (Å²) in [6.07, 6.45) is 0. The second-order valence-electron chi connectivity index (χ2n) is 5.55. The molecule has 0 atom stereocenters. The highest BCUT2D eigenvalue weighted by molar-refractivity contribution is 6.30. The molecule has 0 radical (unpaired) electrons. The summed E-state index contributed by atoms with van der Waals surface area (Å²) in [6.45, 7) is 0.654. The Balaban J connectivity index is 1.88. The number of nitrogens with zero attached hydrogens (tertiary/aromatic N) is 1. The fourth-order valence-corrected chi connectivity index (χ4v) is 2.37. The molecule has 0 fully saturated rings. The van der Waals surface area contributed by atoms with Crippen LogP contribution in [0.2, 0.25) is 5.02 Å². The van der Waals surface area contributed by atoms with Crippen molar-refractivity contribution in [2.75, 3.05) is 25.6 Å². The van der Waals surface area contributed by atoms with Crippen LogP contribution in [0.1, 0.15) is 5.56 Å². The summed E-state index contributed by atoms with van der Waals surface area (Å²) in [5.74, 6) is -0.969. The maximum Gasteiger partial charge on any atom is 0.344 e. The van der Waals surface area contributed by atoms with E-state index in [1.807, 2.05) is 0 Å². The molecule has 1 amide bonds. The van der Waals surface area contributed by atoms with Crippen LogP contribution < -0.4 is 14.8 Å². The lowest BCUT2D eigenvalue weighted by Crippen LogP contribution is -2.24. The van der Waals surface area contributed by atoms with Gasteiger partial charge in [0.25, 0.3) is 5.91 Å². The van der Waals surface area contributed by atoms with E-state index >= 15 is 0 Å². The van der Waals surface area contributed by atoms with Gasteiger partial charge in [-0.1, -0.05) is 17.7 Å². The van der Waals surface area contributed by atoms with Gasteiger partial charge in [0.15, 0.2) is 19.0 Å². The third-order valence-electron chi connectivity index (χ3n) is 3.51. The first-order chi connectivity index (χ1) is 13.3. The lowest BCUT2D eigenvalue weighted by molar-refractivity contribution is -0.385. The zero-order valence-corrected chi connectivity index (χ0v) is 15.8. The van der Waals surface area contributed by atoms with Gasteiger partial charge in [-0.3, -0.25) is 14.9 Å². The third kappa shape index (κ3) is 5.85. The number of ether oxygens (including phenoxy) is 3. The number of carbonyl (C=O) groups is 2. The molecule has 2 rings (SSSR count). The Morgan fingerprint density at radius 3 is 2.61 bits per heavy atom. The number of methoxy groups -OCH3 is 1. The standard InChI is InChI=1S/C18H17ClN2O7/c1-11-6-15(21(24)25)16(26-2)8-14(11)20-17(22)9-28-18(23)10-27-13-5-3-4-12(19)7-13/h3-8H,9-10H2,1-2H3,(H,20,22). The summed E-state index contributed by atoms with van der Waals surface area (Å²) in [5, 5.41) is 14.0. The number of anilines is 1. The van der Waals surface area contributed by atoms with Crippen molar-refractivity contribution in [1.82, 2.24) is 0 Å². The van der Waals surface area contributed by atoms with Crippen molar-refractivity contribution in [3.8, 4) is 11.5 Å². The molecule has 0 bridgehead atoms. The van der Waals surface area contributed by atoms with Crippen molar-refractivity contribution < 1.29 is 28.7 Å². The number of esters is 1. The van der Waals surface area contributed by atoms with Gasteiger partial charge in [-0.05, 0) is 30.7 Å². The number of benzene rings is 2. The molecule has 148 valence electrons. The largest absolute Gasteiger partial charge is 0.490 e. The lowest BCUT2D eigenvalue weighted by atomic mass is 10.1. The van der Waals surface area contributed by atoms with Crippen LogP contribution in [0, 0.1) is 17.0 Å². The number of amides is 1. The van der Waals surface area contributed by atoms with E-state index in [1.165, 1.54) is 25.3 Å². The van der Waals surface area contributed by atoms with Crippen LogP contribution in [-0.2, 0) is 14.3 Å². The molecule has 2 aromatic carbocycles. The topological polar surface area (TPSA) is 117 Å². The number of rotatable bonds is 8. The van der Waals surface area contributed by atoms with Gasteiger partial charge in [0.05, 0.1) is 12.0 Å². The summed E-state index contributed by atoms with van der Waals surface area (Å²) in [5.41, 5.74) is 0.540. The molecule has 0 aliphatic rings. The molecule has 1 N–H and O–H groups in total. The van der Waals surface area contributed by atoms with Crippen LogP contribution in [0.5, 0.6) is 11.5 Å². The highest BCUT2D eigenvalue weighted by Gasteiger charge is 2.18. The lowest BCUT2D eigenvalue weighted by Gasteiger charge is -2.11. The minimum Gasteiger partial charge on any atom is -0.490 e. The molecular formula is C18H17ClN2O7. The average molecular weight is 409 g/mol. The number of nitro benzene ring substituents is 1. The van der Waals surface area contributed by atoms with Crippen molar-refractivity contribution in [2.45, 2.75) is 6.92 Å². The molecule has 0 aliphatic carbocycles. The number of hydrogen-bond acceptors (Lipinski definition) is 7. The fourth-order valence-electron chi connectivity index (χ4n) is 2.19. The van der Waals surface area contributed by atoms with Gasteiger partial charge in [-0.15, -0.1) is 0 Å². The summed E-state index contributed by atoms with van der Waals surface area (Å²) in [7, 11) is 1.28. The van der Waals surface area contributed by atoms with E-state index in [4.69, 9.17) is 25.8 Å². The molecule has 0 aliphatic heterocycles. The van der Waals surface area contributed by atoms with Crippen molar-refractivity contribution in [3.63, 3.8) is 0 Å². The van der Waals surface area contributed by atoms with Crippen molar-refractivity contribution in [1.29, 1.82) is 0 Å². The van der Waals surface area contributed by atoms with E-state index < -0.39 is 30.0 Å². The van der Waals surface area contributed by atoms with Gasteiger partial charge in [0, 0.05) is 22.8 Å². The normalized spacial score (nSPS) is 10.1. The van der Waals surface area contributed by atoms with Gasteiger partial charge in [-0.2, -0.15) is 0 Å². The Kier molecular flexibility index (Phi) is 7.16. The monoisotopic (exact) mass is 408 g/mol. The van der Waals surface area contributed by atoms with E-state index in [0.29, 0.717) is 22.0 Å². The van der Waals surface area contributed by atoms with Gasteiger partial charge in [-0.25, -0.2) is 4.79 Å². The molecule has 2 aromatic rings. The van der Waals surface area contributed by atoms with E-state index in [2.05, 4.69) is 5.32 Å².